The molecule has 0 N–H and O–H groups in total. The molecular formula is C13H10N2O3. The highest BCUT2D eigenvalue weighted by Crippen LogP contribution is 2.22. The Kier molecular flexibility index (Phi) is 2.89. The van der Waals surface area contributed by atoms with Crippen molar-refractivity contribution in [3.05, 3.63) is 42.5 Å². The monoisotopic (exact) mass is 242 g/mol. The minimum absolute atomic E-state index is 0.0564. The quantitative estimate of drug-likeness (QED) is 0.589. The molecule has 1 heterocycles. The van der Waals surface area contributed by atoms with Crippen molar-refractivity contribution in [2.24, 2.45) is 5.10 Å². The molecule has 1 aliphatic rings. The molecule has 1 amide bonds. The molecule has 0 radical (unpaired) electrons. The van der Waals surface area contributed by atoms with Crippen molar-refractivity contribution < 1.29 is 14.4 Å². The average Bonchev–Trinajstić information content (AvgIpc) is 2.67. The van der Waals surface area contributed by atoms with Gasteiger partial charge in [0.15, 0.2) is 0 Å². The summed E-state index contributed by atoms with van der Waals surface area (Å²) in [7, 11) is 0. The molecule has 1 aliphatic heterocycles. The van der Waals surface area contributed by atoms with Gasteiger partial charge in [0, 0.05) is 6.92 Å². The topological polar surface area (TPSA) is 66.8 Å². The first-order chi connectivity index (χ1) is 8.52. The van der Waals surface area contributed by atoms with Gasteiger partial charge in [-0.25, -0.2) is 0 Å². The fourth-order valence-electron chi connectivity index (χ4n) is 1.53. The lowest BCUT2D eigenvalue weighted by Crippen LogP contribution is -2.23. The molecular weight excluding hydrogens is 232 g/mol. The van der Waals surface area contributed by atoms with Gasteiger partial charge in [-0.1, -0.05) is 24.8 Å². The molecule has 1 aromatic rings. The van der Waals surface area contributed by atoms with E-state index in [-0.39, 0.29) is 11.3 Å². The van der Waals surface area contributed by atoms with E-state index in [1.54, 1.807) is 30.3 Å². The predicted octanol–water partition coefficient (Wildman–Crippen LogP) is 1.10. The summed E-state index contributed by atoms with van der Waals surface area (Å²) in [6.45, 7) is 4.63. The number of Topliss-reactive ketones (excluding diaryl/α,β-unsaturated/α-hetero) is 2. The number of carbonyl (C=O) groups excluding carboxylic acids is 3. The summed E-state index contributed by atoms with van der Waals surface area (Å²) >= 11 is 0. The molecule has 0 aliphatic carbocycles. The number of para-hydroxylation sites is 1. The molecule has 0 unspecified atom stereocenters. The maximum atomic E-state index is 11.9. The van der Waals surface area contributed by atoms with Crippen LogP contribution >= 0.6 is 0 Å². The van der Waals surface area contributed by atoms with E-state index in [0.717, 1.165) is 11.9 Å². The predicted molar refractivity (Wildman–Crippen MR) is 66.2 cm³/mol. The van der Waals surface area contributed by atoms with Crippen LogP contribution in [0.3, 0.4) is 0 Å². The second-order valence-electron chi connectivity index (χ2n) is 3.76. The fourth-order valence-corrected chi connectivity index (χ4v) is 1.53. The fraction of sp³-hybridized carbons (Fsp3) is 0.0769. The van der Waals surface area contributed by atoms with Gasteiger partial charge in [0.05, 0.1) is 11.3 Å². The number of hydrazone groups is 1. The maximum absolute atomic E-state index is 11.9. The molecule has 90 valence electrons. The maximum Gasteiger partial charge on any atom is 0.280 e. The Bertz CT molecular complexity index is 588. The van der Waals surface area contributed by atoms with Gasteiger partial charge < -0.3 is 0 Å². The van der Waals surface area contributed by atoms with Crippen molar-refractivity contribution in [3.8, 4) is 0 Å². The van der Waals surface area contributed by atoms with Crippen LogP contribution in [0.2, 0.25) is 0 Å². The molecule has 0 saturated carbocycles. The summed E-state index contributed by atoms with van der Waals surface area (Å²) < 4.78 is 0. The molecule has 0 aromatic heterocycles. The third kappa shape index (κ3) is 1.86. The van der Waals surface area contributed by atoms with Crippen molar-refractivity contribution in [3.63, 3.8) is 0 Å². The number of amides is 1. The molecule has 2 rings (SSSR count). The smallest absolute Gasteiger partial charge is 0.280 e. The van der Waals surface area contributed by atoms with Crippen molar-refractivity contribution in [2.75, 3.05) is 5.01 Å². The molecule has 0 spiro atoms. The van der Waals surface area contributed by atoms with E-state index in [9.17, 15) is 14.4 Å². The molecule has 5 heteroatoms. The SMILES string of the molecule is C=C1C(=O)N(c2ccccc2)N=C1C(=O)C(C)=O. The molecule has 0 saturated heterocycles. The van der Waals surface area contributed by atoms with Gasteiger partial charge >= 0.3 is 0 Å². The molecule has 0 atom stereocenters. The Morgan fingerprint density at radius 2 is 1.83 bits per heavy atom. The zero-order chi connectivity index (χ0) is 13.3. The Hall–Kier alpha value is -2.56. The van der Waals surface area contributed by atoms with Crippen molar-refractivity contribution >= 4 is 28.9 Å². The summed E-state index contributed by atoms with van der Waals surface area (Å²) in [5, 5.41) is 4.94. The number of benzene rings is 1. The van der Waals surface area contributed by atoms with E-state index < -0.39 is 17.5 Å². The second-order valence-corrected chi connectivity index (χ2v) is 3.76. The minimum atomic E-state index is -0.799. The van der Waals surface area contributed by atoms with Crippen molar-refractivity contribution in [2.45, 2.75) is 6.92 Å². The van der Waals surface area contributed by atoms with Crippen LogP contribution in [0.5, 0.6) is 0 Å². The first-order valence-corrected chi connectivity index (χ1v) is 5.25. The zero-order valence-electron chi connectivity index (χ0n) is 9.71. The molecule has 0 bridgehead atoms. The zero-order valence-corrected chi connectivity index (χ0v) is 9.71. The normalized spacial score (nSPS) is 14.7. The van der Waals surface area contributed by atoms with Gasteiger partial charge in [-0.3, -0.25) is 14.4 Å². The largest absolute Gasteiger partial charge is 0.291 e. The van der Waals surface area contributed by atoms with Crippen LogP contribution < -0.4 is 5.01 Å². The standard InChI is InChI=1S/C13H10N2O3/c1-8-11(12(17)9(2)16)14-15(13(8)18)10-6-4-3-5-7-10/h3-7H,1H2,2H3. The van der Waals surface area contributed by atoms with Gasteiger partial charge in [-0.15, -0.1) is 0 Å². The van der Waals surface area contributed by atoms with E-state index in [4.69, 9.17) is 0 Å². The van der Waals surface area contributed by atoms with Crippen LogP contribution in [0.4, 0.5) is 5.69 Å². The number of anilines is 1. The number of hydrogen-bond acceptors (Lipinski definition) is 4. The number of hydrogen-bond donors (Lipinski definition) is 0. The lowest BCUT2D eigenvalue weighted by molar-refractivity contribution is -0.131. The van der Waals surface area contributed by atoms with Crippen LogP contribution in [-0.2, 0) is 14.4 Å². The third-order valence-electron chi connectivity index (χ3n) is 2.47. The van der Waals surface area contributed by atoms with Gasteiger partial charge in [0.1, 0.15) is 5.71 Å². The molecule has 0 fully saturated rings. The van der Waals surface area contributed by atoms with E-state index >= 15 is 0 Å². The Morgan fingerprint density at radius 3 is 2.39 bits per heavy atom. The van der Waals surface area contributed by atoms with Crippen molar-refractivity contribution in [1.82, 2.24) is 0 Å². The lowest BCUT2D eigenvalue weighted by Gasteiger charge is -2.10. The van der Waals surface area contributed by atoms with Gasteiger partial charge in [0.25, 0.3) is 5.91 Å². The van der Waals surface area contributed by atoms with Crippen molar-refractivity contribution in [1.29, 1.82) is 0 Å². The Balaban J connectivity index is 2.41. The highest BCUT2D eigenvalue weighted by atomic mass is 16.2. The molecule has 18 heavy (non-hydrogen) atoms. The van der Waals surface area contributed by atoms with Gasteiger partial charge in [-0.2, -0.15) is 10.1 Å². The number of nitrogens with zero attached hydrogens (tertiary/aromatic N) is 2. The van der Waals surface area contributed by atoms with E-state index in [1.807, 2.05) is 0 Å². The summed E-state index contributed by atoms with van der Waals surface area (Å²) in [6, 6.07) is 8.63. The van der Waals surface area contributed by atoms with Gasteiger partial charge in [0.2, 0.25) is 11.6 Å². The third-order valence-corrected chi connectivity index (χ3v) is 2.47. The lowest BCUT2D eigenvalue weighted by atomic mass is 10.1. The summed E-state index contributed by atoms with van der Waals surface area (Å²) in [5.41, 5.74) is 0.283. The second kappa shape index (κ2) is 4.37. The number of carbonyl (C=O) groups is 3. The minimum Gasteiger partial charge on any atom is -0.291 e. The van der Waals surface area contributed by atoms with Gasteiger partial charge in [-0.05, 0) is 12.1 Å². The number of ketones is 2. The summed E-state index contributed by atoms with van der Waals surface area (Å²) in [5.74, 6) is -1.96. The average molecular weight is 242 g/mol. The highest BCUT2D eigenvalue weighted by Gasteiger charge is 2.34. The first kappa shape index (κ1) is 11.9. The van der Waals surface area contributed by atoms with Crippen LogP contribution in [-0.4, -0.2) is 23.2 Å². The Labute approximate surface area is 103 Å². The molecule has 1 aromatic carbocycles. The van der Waals surface area contributed by atoms with Crippen LogP contribution in [0.25, 0.3) is 0 Å². The number of rotatable bonds is 3. The van der Waals surface area contributed by atoms with E-state index in [0.29, 0.717) is 5.69 Å². The van der Waals surface area contributed by atoms with E-state index in [2.05, 4.69) is 11.7 Å². The molecule has 5 nitrogen and oxygen atoms in total. The van der Waals surface area contributed by atoms with Crippen LogP contribution in [0.1, 0.15) is 6.92 Å². The summed E-state index contributed by atoms with van der Waals surface area (Å²) in [6.07, 6.45) is 0. The highest BCUT2D eigenvalue weighted by molar-refractivity contribution is 6.71. The Morgan fingerprint density at radius 1 is 1.22 bits per heavy atom. The first-order valence-electron chi connectivity index (χ1n) is 5.25. The van der Waals surface area contributed by atoms with Crippen LogP contribution in [0.15, 0.2) is 47.6 Å². The summed E-state index contributed by atoms with van der Waals surface area (Å²) in [4.78, 5) is 34.5. The van der Waals surface area contributed by atoms with Crippen LogP contribution in [0, 0.1) is 0 Å². The van der Waals surface area contributed by atoms with E-state index in [1.165, 1.54) is 0 Å².